The molecule has 0 atom stereocenters. The molecule has 0 unspecified atom stereocenters. The zero-order valence-electron chi connectivity index (χ0n) is 8.50. The lowest BCUT2D eigenvalue weighted by molar-refractivity contribution is 0.0702. The van der Waals surface area contributed by atoms with Crippen LogP contribution in [0, 0.1) is 11.2 Å². The molecule has 0 aliphatic rings. The second kappa shape index (κ2) is 5.05. The van der Waals surface area contributed by atoms with Crippen molar-refractivity contribution in [1.82, 2.24) is 0 Å². The minimum absolute atomic E-state index is 0.132. The molecule has 0 aliphatic carbocycles. The molecule has 1 aromatic rings. The van der Waals surface area contributed by atoms with Gasteiger partial charge < -0.3 is 10.2 Å². The highest BCUT2D eigenvalue weighted by Crippen LogP contribution is 2.27. The molecule has 15 heavy (non-hydrogen) atoms. The van der Waals surface area contributed by atoms with Crippen molar-refractivity contribution in [3.63, 3.8) is 0 Å². The number of halogens is 2. The molecule has 0 saturated carbocycles. The number of aliphatic hydroxyl groups excluding tert-OH is 2. The fraction of sp³-hybridized carbons (Fsp3) is 0.455. The first-order valence-electron chi connectivity index (χ1n) is 4.66. The molecule has 0 fully saturated rings. The first-order chi connectivity index (χ1) is 7.00. The fourth-order valence-corrected chi connectivity index (χ4v) is 1.69. The number of benzene rings is 1. The third kappa shape index (κ3) is 3.26. The molecule has 0 radical (unpaired) electrons. The molecule has 0 saturated heterocycles. The zero-order valence-corrected chi connectivity index (χ0v) is 10.1. The summed E-state index contributed by atoms with van der Waals surface area (Å²) in [7, 11) is 0. The van der Waals surface area contributed by atoms with Gasteiger partial charge in [0.2, 0.25) is 0 Å². The first-order valence-corrected chi connectivity index (χ1v) is 5.46. The SMILES string of the molecule is CC(CO)(CO)Cc1cc(F)ccc1Br. The van der Waals surface area contributed by atoms with Crippen molar-refractivity contribution in [2.75, 3.05) is 13.2 Å². The van der Waals surface area contributed by atoms with Crippen LogP contribution in [0.3, 0.4) is 0 Å². The van der Waals surface area contributed by atoms with Crippen LogP contribution >= 0.6 is 15.9 Å². The van der Waals surface area contributed by atoms with Gasteiger partial charge in [0.15, 0.2) is 0 Å². The molecule has 0 spiro atoms. The molecule has 0 bridgehead atoms. The topological polar surface area (TPSA) is 40.5 Å². The Morgan fingerprint density at radius 3 is 2.47 bits per heavy atom. The molecule has 2 nitrogen and oxygen atoms in total. The fourth-order valence-electron chi connectivity index (χ4n) is 1.30. The summed E-state index contributed by atoms with van der Waals surface area (Å²) in [6.45, 7) is 1.49. The van der Waals surface area contributed by atoms with Gasteiger partial charge in [0.25, 0.3) is 0 Å². The summed E-state index contributed by atoms with van der Waals surface area (Å²) >= 11 is 3.31. The molecule has 1 aromatic carbocycles. The average molecular weight is 277 g/mol. The van der Waals surface area contributed by atoms with Crippen LogP contribution in [-0.2, 0) is 6.42 Å². The quantitative estimate of drug-likeness (QED) is 0.885. The van der Waals surface area contributed by atoms with E-state index in [-0.39, 0.29) is 19.0 Å². The van der Waals surface area contributed by atoms with Crippen LogP contribution in [0.25, 0.3) is 0 Å². The number of hydrogen-bond acceptors (Lipinski definition) is 2. The molecule has 0 heterocycles. The van der Waals surface area contributed by atoms with Crippen LogP contribution in [0.1, 0.15) is 12.5 Å². The van der Waals surface area contributed by atoms with Crippen LogP contribution in [0.2, 0.25) is 0 Å². The van der Waals surface area contributed by atoms with Crippen molar-refractivity contribution in [3.05, 3.63) is 34.1 Å². The lowest BCUT2D eigenvalue weighted by atomic mass is 9.85. The maximum Gasteiger partial charge on any atom is 0.123 e. The Labute approximate surface area is 96.9 Å². The van der Waals surface area contributed by atoms with E-state index in [9.17, 15) is 4.39 Å². The Bertz CT molecular complexity index is 337. The lowest BCUT2D eigenvalue weighted by Crippen LogP contribution is -2.28. The summed E-state index contributed by atoms with van der Waals surface area (Å²) < 4.78 is 13.8. The van der Waals surface area contributed by atoms with Crippen LogP contribution in [-0.4, -0.2) is 23.4 Å². The van der Waals surface area contributed by atoms with E-state index in [1.54, 1.807) is 13.0 Å². The van der Waals surface area contributed by atoms with E-state index < -0.39 is 5.41 Å². The molecule has 2 N–H and O–H groups in total. The third-order valence-electron chi connectivity index (χ3n) is 2.39. The van der Waals surface area contributed by atoms with Crippen molar-refractivity contribution in [1.29, 1.82) is 0 Å². The summed E-state index contributed by atoms with van der Waals surface area (Å²) in [5.74, 6) is -0.313. The van der Waals surface area contributed by atoms with E-state index in [1.807, 2.05) is 0 Å². The Kier molecular flexibility index (Phi) is 4.25. The van der Waals surface area contributed by atoms with Crippen molar-refractivity contribution in [3.8, 4) is 0 Å². The molecule has 84 valence electrons. The van der Waals surface area contributed by atoms with E-state index in [2.05, 4.69) is 15.9 Å². The van der Waals surface area contributed by atoms with Crippen molar-refractivity contribution in [2.24, 2.45) is 5.41 Å². The predicted octanol–water partition coefficient (Wildman–Crippen LogP) is 2.12. The minimum Gasteiger partial charge on any atom is -0.396 e. The summed E-state index contributed by atoms with van der Waals surface area (Å²) in [4.78, 5) is 0. The maximum atomic E-state index is 13.0. The predicted molar refractivity (Wildman–Crippen MR) is 60.1 cm³/mol. The van der Waals surface area contributed by atoms with Gasteiger partial charge in [-0.15, -0.1) is 0 Å². The molecular weight excluding hydrogens is 263 g/mol. The van der Waals surface area contributed by atoms with Gasteiger partial charge in [-0.1, -0.05) is 22.9 Å². The van der Waals surface area contributed by atoms with E-state index in [0.29, 0.717) is 6.42 Å². The Morgan fingerprint density at radius 1 is 1.33 bits per heavy atom. The number of aliphatic hydroxyl groups is 2. The standard InChI is InChI=1S/C11H14BrFO2/c1-11(6-14,7-15)5-8-4-9(13)2-3-10(8)12/h2-4,14-15H,5-7H2,1H3. The molecule has 0 amide bonds. The molecular formula is C11H14BrFO2. The summed E-state index contributed by atoms with van der Waals surface area (Å²) in [5.41, 5.74) is 0.136. The van der Waals surface area contributed by atoms with Gasteiger partial charge in [-0.2, -0.15) is 0 Å². The van der Waals surface area contributed by atoms with Crippen molar-refractivity contribution in [2.45, 2.75) is 13.3 Å². The van der Waals surface area contributed by atoms with Crippen LogP contribution in [0.4, 0.5) is 4.39 Å². The molecule has 4 heteroatoms. The smallest absolute Gasteiger partial charge is 0.123 e. The maximum absolute atomic E-state index is 13.0. The highest BCUT2D eigenvalue weighted by molar-refractivity contribution is 9.10. The Balaban J connectivity index is 2.92. The second-order valence-corrected chi connectivity index (χ2v) is 4.89. The summed E-state index contributed by atoms with van der Waals surface area (Å²) in [6, 6.07) is 4.40. The van der Waals surface area contributed by atoms with E-state index in [4.69, 9.17) is 10.2 Å². The van der Waals surface area contributed by atoms with Crippen molar-refractivity contribution < 1.29 is 14.6 Å². The highest BCUT2D eigenvalue weighted by Gasteiger charge is 2.24. The van der Waals surface area contributed by atoms with E-state index in [1.165, 1.54) is 12.1 Å². The van der Waals surface area contributed by atoms with Gasteiger partial charge in [-0.25, -0.2) is 4.39 Å². The Hall–Kier alpha value is -0.450. The van der Waals surface area contributed by atoms with Gasteiger partial charge in [0.1, 0.15) is 5.82 Å². The Morgan fingerprint density at radius 2 is 1.93 bits per heavy atom. The normalized spacial score (nSPS) is 11.8. The van der Waals surface area contributed by atoms with Crippen LogP contribution in [0.15, 0.2) is 22.7 Å². The van der Waals surface area contributed by atoms with Gasteiger partial charge in [-0.05, 0) is 30.2 Å². The van der Waals surface area contributed by atoms with Crippen LogP contribution < -0.4 is 0 Å². The number of rotatable bonds is 4. The number of hydrogen-bond donors (Lipinski definition) is 2. The van der Waals surface area contributed by atoms with Crippen LogP contribution in [0.5, 0.6) is 0 Å². The lowest BCUT2D eigenvalue weighted by Gasteiger charge is -2.25. The third-order valence-corrected chi connectivity index (χ3v) is 3.16. The highest BCUT2D eigenvalue weighted by atomic mass is 79.9. The van der Waals surface area contributed by atoms with Gasteiger partial charge >= 0.3 is 0 Å². The van der Waals surface area contributed by atoms with Gasteiger partial charge in [-0.3, -0.25) is 0 Å². The molecule has 1 rings (SSSR count). The molecule has 0 aromatic heterocycles. The summed E-state index contributed by atoms with van der Waals surface area (Å²) in [5, 5.41) is 18.3. The average Bonchev–Trinajstić information content (AvgIpc) is 2.23. The monoisotopic (exact) mass is 276 g/mol. The summed E-state index contributed by atoms with van der Waals surface area (Å²) in [6.07, 6.45) is 0.429. The van der Waals surface area contributed by atoms with E-state index >= 15 is 0 Å². The molecule has 0 aliphatic heterocycles. The van der Waals surface area contributed by atoms with Crippen molar-refractivity contribution >= 4 is 15.9 Å². The van der Waals surface area contributed by atoms with Gasteiger partial charge in [0.05, 0.1) is 13.2 Å². The second-order valence-electron chi connectivity index (χ2n) is 4.04. The zero-order chi connectivity index (χ0) is 11.5. The minimum atomic E-state index is -0.615. The largest absolute Gasteiger partial charge is 0.396 e. The van der Waals surface area contributed by atoms with Gasteiger partial charge in [0, 0.05) is 9.89 Å². The first kappa shape index (κ1) is 12.6. The van der Waals surface area contributed by atoms with E-state index in [0.717, 1.165) is 10.0 Å².